The summed E-state index contributed by atoms with van der Waals surface area (Å²) in [5, 5.41) is 0. The summed E-state index contributed by atoms with van der Waals surface area (Å²) in [7, 11) is -1.32. The normalized spacial score (nSPS) is 20.8. The van der Waals surface area contributed by atoms with Gasteiger partial charge in [-0.1, -0.05) is 0 Å². The average molecular weight is 315 g/mol. The summed E-state index contributed by atoms with van der Waals surface area (Å²) in [5.41, 5.74) is 6.29. The number of pyridine rings is 1. The van der Waals surface area contributed by atoms with E-state index in [2.05, 4.69) is 4.98 Å². The van der Waals surface area contributed by atoms with E-state index in [4.69, 9.17) is 5.73 Å². The van der Waals surface area contributed by atoms with E-state index in [9.17, 15) is 13.2 Å². The fourth-order valence-corrected chi connectivity index (χ4v) is 4.68. The summed E-state index contributed by atoms with van der Waals surface area (Å²) < 4.78 is 22.9. The first-order valence-electron chi connectivity index (χ1n) is 6.17. The third kappa shape index (κ3) is 3.63. The lowest BCUT2D eigenvalue weighted by Gasteiger charge is -2.23. The third-order valence-corrected chi connectivity index (χ3v) is 6.14. The molecule has 1 aliphatic heterocycles. The largest absolute Gasteiger partial charge is 0.397 e. The Morgan fingerprint density at radius 1 is 1.60 bits per heavy atom. The summed E-state index contributed by atoms with van der Waals surface area (Å²) in [5.74, 6) is 0.381. The predicted molar refractivity (Wildman–Crippen MR) is 79.2 cm³/mol. The SMILES string of the molecule is CN(C(=O)CSc1ccncc1N)C1CCS(=O)(=O)C1. The van der Waals surface area contributed by atoms with Crippen LogP contribution in [-0.4, -0.2) is 54.6 Å². The molecule has 2 rings (SSSR count). The molecule has 1 fully saturated rings. The van der Waals surface area contributed by atoms with Crippen molar-refractivity contribution in [2.24, 2.45) is 0 Å². The Hall–Kier alpha value is -1.28. The highest BCUT2D eigenvalue weighted by Crippen LogP contribution is 2.24. The van der Waals surface area contributed by atoms with Crippen molar-refractivity contribution in [1.82, 2.24) is 9.88 Å². The summed E-state index contributed by atoms with van der Waals surface area (Å²) in [4.78, 5) is 18.3. The molecule has 6 nitrogen and oxygen atoms in total. The molecule has 0 aliphatic carbocycles. The molecular formula is C12H17N3O3S2. The molecule has 1 aliphatic rings. The molecule has 0 aromatic carbocycles. The number of nitrogens with zero attached hydrogens (tertiary/aromatic N) is 2. The second kappa shape index (κ2) is 6.01. The number of rotatable bonds is 4. The van der Waals surface area contributed by atoms with E-state index in [-0.39, 0.29) is 29.2 Å². The van der Waals surface area contributed by atoms with E-state index in [1.165, 1.54) is 16.7 Å². The van der Waals surface area contributed by atoms with E-state index in [1.807, 2.05) is 0 Å². The molecular weight excluding hydrogens is 298 g/mol. The van der Waals surface area contributed by atoms with Crippen molar-refractivity contribution in [3.8, 4) is 0 Å². The fourth-order valence-electron chi connectivity index (χ4n) is 2.05. The molecule has 1 aromatic rings. The van der Waals surface area contributed by atoms with Gasteiger partial charge in [-0.05, 0) is 12.5 Å². The Labute approximate surface area is 122 Å². The molecule has 2 N–H and O–H groups in total. The first-order valence-corrected chi connectivity index (χ1v) is 8.98. The monoisotopic (exact) mass is 315 g/mol. The van der Waals surface area contributed by atoms with E-state index >= 15 is 0 Å². The molecule has 110 valence electrons. The highest BCUT2D eigenvalue weighted by Gasteiger charge is 2.32. The van der Waals surface area contributed by atoms with Crippen LogP contribution in [0.4, 0.5) is 5.69 Å². The van der Waals surface area contributed by atoms with Crippen LogP contribution in [-0.2, 0) is 14.6 Å². The molecule has 0 bridgehead atoms. The number of hydrogen-bond acceptors (Lipinski definition) is 6. The van der Waals surface area contributed by atoms with Crippen LogP contribution in [0, 0.1) is 0 Å². The van der Waals surface area contributed by atoms with Gasteiger partial charge in [-0.2, -0.15) is 0 Å². The number of aromatic nitrogens is 1. The van der Waals surface area contributed by atoms with Gasteiger partial charge < -0.3 is 10.6 Å². The highest BCUT2D eigenvalue weighted by atomic mass is 32.2. The number of thioether (sulfide) groups is 1. The van der Waals surface area contributed by atoms with Gasteiger partial charge in [-0.15, -0.1) is 11.8 Å². The summed E-state index contributed by atoms with van der Waals surface area (Å²) in [6, 6.07) is 1.55. The quantitative estimate of drug-likeness (QED) is 0.809. The minimum atomic E-state index is -2.98. The molecule has 0 spiro atoms. The van der Waals surface area contributed by atoms with Crippen molar-refractivity contribution >= 4 is 33.2 Å². The number of carbonyl (C=O) groups excluding carboxylic acids is 1. The maximum Gasteiger partial charge on any atom is 0.232 e. The molecule has 1 aromatic heterocycles. The summed E-state index contributed by atoms with van der Waals surface area (Å²) >= 11 is 1.34. The molecule has 2 heterocycles. The van der Waals surface area contributed by atoms with Crippen molar-refractivity contribution < 1.29 is 13.2 Å². The number of hydrogen-bond donors (Lipinski definition) is 1. The van der Waals surface area contributed by atoms with Gasteiger partial charge in [0.1, 0.15) is 0 Å². The zero-order chi connectivity index (χ0) is 14.8. The van der Waals surface area contributed by atoms with Gasteiger partial charge >= 0.3 is 0 Å². The zero-order valence-electron chi connectivity index (χ0n) is 11.2. The maximum absolute atomic E-state index is 12.1. The molecule has 0 radical (unpaired) electrons. The van der Waals surface area contributed by atoms with Crippen molar-refractivity contribution in [3.05, 3.63) is 18.5 Å². The number of nitrogen functional groups attached to an aromatic ring is 1. The van der Waals surface area contributed by atoms with Gasteiger partial charge in [-0.3, -0.25) is 9.78 Å². The average Bonchev–Trinajstić information content (AvgIpc) is 2.77. The van der Waals surface area contributed by atoms with Gasteiger partial charge in [0, 0.05) is 24.2 Å². The minimum Gasteiger partial charge on any atom is -0.397 e. The van der Waals surface area contributed by atoms with Crippen molar-refractivity contribution in [2.75, 3.05) is 30.0 Å². The first kappa shape index (κ1) is 15.1. The van der Waals surface area contributed by atoms with Gasteiger partial charge in [0.05, 0.1) is 29.1 Å². The third-order valence-electron chi connectivity index (χ3n) is 3.31. The lowest BCUT2D eigenvalue weighted by atomic mass is 10.2. The number of amides is 1. The second-order valence-electron chi connectivity index (χ2n) is 4.76. The van der Waals surface area contributed by atoms with E-state index < -0.39 is 9.84 Å². The summed E-state index contributed by atoms with van der Waals surface area (Å²) in [6.07, 6.45) is 3.68. The molecule has 1 amide bonds. The van der Waals surface area contributed by atoms with Crippen molar-refractivity contribution in [1.29, 1.82) is 0 Å². The molecule has 1 unspecified atom stereocenters. The van der Waals surface area contributed by atoms with Crippen LogP contribution < -0.4 is 5.73 Å². The predicted octanol–water partition coefficient (Wildman–Crippen LogP) is 0.401. The van der Waals surface area contributed by atoms with Crippen molar-refractivity contribution in [2.45, 2.75) is 17.4 Å². The number of carbonyl (C=O) groups is 1. The van der Waals surface area contributed by atoms with Crippen LogP contribution in [0.25, 0.3) is 0 Å². The zero-order valence-corrected chi connectivity index (χ0v) is 12.8. The van der Waals surface area contributed by atoms with Crippen LogP contribution in [0.2, 0.25) is 0 Å². The maximum atomic E-state index is 12.1. The van der Waals surface area contributed by atoms with Gasteiger partial charge in [0.25, 0.3) is 0 Å². The van der Waals surface area contributed by atoms with Crippen LogP contribution in [0.1, 0.15) is 6.42 Å². The summed E-state index contributed by atoms with van der Waals surface area (Å²) in [6.45, 7) is 0. The van der Waals surface area contributed by atoms with Crippen LogP contribution in [0.3, 0.4) is 0 Å². The Balaban J connectivity index is 1.91. The molecule has 20 heavy (non-hydrogen) atoms. The van der Waals surface area contributed by atoms with E-state index in [1.54, 1.807) is 25.5 Å². The highest BCUT2D eigenvalue weighted by molar-refractivity contribution is 8.00. The van der Waals surface area contributed by atoms with Gasteiger partial charge in [-0.25, -0.2) is 8.42 Å². The lowest BCUT2D eigenvalue weighted by molar-refractivity contribution is -0.128. The van der Waals surface area contributed by atoms with Crippen LogP contribution in [0.15, 0.2) is 23.4 Å². The standard InChI is InChI=1S/C12H17N3O3S2/c1-15(9-3-5-20(17,18)8-9)12(16)7-19-11-2-4-14-6-10(11)13/h2,4,6,9H,3,5,7-8,13H2,1H3. The van der Waals surface area contributed by atoms with Crippen LogP contribution >= 0.6 is 11.8 Å². The topological polar surface area (TPSA) is 93.4 Å². The lowest BCUT2D eigenvalue weighted by Crippen LogP contribution is -2.38. The second-order valence-corrected chi connectivity index (χ2v) is 8.01. The number of nitrogens with two attached hydrogens (primary N) is 1. The molecule has 8 heteroatoms. The molecule has 1 saturated heterocycles. The first-order chi connectivity index (χ1) is 9.39. The van der Waals surface area contributed by atoms with Gasteiger partial charge in [0.15, 0.2) is 9.84 Å². The van der Waals surface area contributed by atoms with Crippen LogP contribution in [0.5, 0.6) is 0 Å². The molecule has 1 atom stereocenters. The molecule has 0 saturated carbocycles. The van der Waals surface area contributed by atoms with E-state index in [0.717, 1.165) is 4.90 Å². The Morgan fingerprint density at radius 2 is 2.35 bits per heavy atom. The number of anilines is 1. The Kier molecular flexibility index (Phi) is 4.54. The smallest absolute Gasteiger partial charge is 0.232 e. The fraction of sp³-hybridized carbons (Fsp3) is 0.500. The Bertz CT molecular complexity index is 604. The van der Waals surface area contributed by atoms with E-state index in [0.29, 0.717) is 12.1 Å². The van der Waals surface area contributed by atoms with Gasteiger partial charge in [0.2, 0.25) is 5.91 Å². The van der Waals surface area contributed by atoms with Crippen molar-refractivity contribution in [3.63, 3.8) is 0 Å². The number of sulfone groups is 1. The minimum absolute atomic E-state index is 0.0668. The Morgan fingerprint density at radius 3 is 2.95 bits per heavy atom.